The van der Waals surface area contributed by atoms with Gasteiger partial charge in [0.25, 0.3) is 0 Å². The van der Waals surface area contributed by atoms with Gasteiger partial charge in [0.15, 0.2) is 0 Å². The van der Waals surface area contributed by atoms with Crippen LogP contribution in [-0.4, -0.2) is 27.2 Å². The third-order valence-electron chi connectivity index (χ3n) is 2.05. The van der Waals surface area contributed by atoms with Gasteiger partial charge in [-0.25, -0.2) is 9.97 Å². The van der Waals surface area contributed by atoms with Crippen molar-refractivity contribution in [3.63, 3.8) is 0 Å². The van der Waals surface area contributed by atoms with Gasteiger partial charge < -0.3 is 10.4 Å². The Morgan fingerprint density at radius 2 is 2.29 bits per heavy atom. The molecule has 1 aromatic heterocycles. The molecule has 0 fully saturated rings. The molecule has 2 N–H and O–H groups in total. The monoisotopic (exact) mass is 259 g/mol. The predicted molar refractivity (Wildman–Crippen MR) is 59.1 cm³/mol. The summed E-state index contributed by atoms with van der Waals surface area (Å²) < 4.78 is 0.728. The summed E-state index contributed by atoms with van der Waals surface area (Å²) in [7, 11) is 0. The van der Waals surface area contributed by atoms with E-state index in [1.807, 2.05) is 6.92 Å². The third-order valence-corrected chi connectivity index (χ3v) is 2.48. The molecule has 1 rings (SSSR count). The molecule has 1 atom stereocenters. The summed E-state index contributed by atoms with van der Waals surface area (Å²) in [6.07, 6.45) is 2.17. The van der Waals surface area contributed by atoms with Gasteiger partial charge in [0.2, 0.25) is 0 Å². The highest BCUT2D eigenvalue weighted by atomic mass is 79.9. The van der Waals surface area contributed by atoms with E-state index >= 15 is 0 Å². The second-order valence-corrected chi connectivity index (χ2v) is 4.24. The zero-order valence-corrected chi connectivity index (χ0v) is 9.87. The second-order valence-electron chi connectivity index (χ2n) is 3.43. The number of rotatable bonds is 4. The molecule has 0 aliphatic carbocycles. The van der Waals surface area contributed by atoms with Gasteiger partial charge in [-0.05, 0) is 29.3 Å². The molecular formula is C9H14BrN3O. The van der Waals surface area contributed by atoms with Gasteiger partial charge in [-0.2, -0.15) is 0 Å². The molecule has 0 aliphatic rings. The first-order valence-corrected chi connectivity index (χ1v) is 5.26. The summed E-state index contributed by atoms with van der Waals surface area (Å²) in [6, 6.07) is 1.77. The van der Waals surface area contributed by atoms with Crippen molar-refractivity contribution in [2.45, 2.75) is 25.9 Å². The van der Waals surface area contributed by atoms with Crippen LogP contribution < -0.4 is 5.32 Å². The lowest BCUT2D eigenvalue weighted by Crippen LogP contribution is -2.32. The summed E-state index contributed by atoms with van der Waals surface area (Å²) in [5.74, 6) is 0.709. The van der Waals surface area contributed by atoms with E-state index in [1.165, 1.54) is 6.33 Å². The van der Waals surface area contributed by atoms with Gasteiger partial charge >= 0.3 is 0 Å². The number of aliphatic hydroxyl groups is 1. The molecule has 5 heteroatoms. The number of aromatic nitrogens is 2. The minimum atomic E-state index is -0.697. The molecular weight excluding hydrogens is 246 g/mol. The van der Waals surface area contributed by atoms with Crippen molar-refractivity contribution in [2.24, 2.45) is 0 Å². The van der Waals surface area contributed by atoms with Crippen LogP contribution >= 0.6 is 15.9 Å². The first kappa shape index (κ1) is 11.4. The topological polar surface area (TPSA) is 58.0 Å². The van der Waals surface area contributed by atoms with Crippen LogP contribution in [0.3, 0.4) is 0 Å². The second kappa shape index (κ2) is 4.70. The fraction of sp³-hybridized carbons (Fsp3) is 0.556. The molecule has 4 nitrogen and oxygen atoms in total. The van der Waals surface area contributed by atoms with E-state index in [0.717, 1.165) is 4.60 Å². The number of nitrogens with one attached hydrogen (secondary N) is 1. The first-order chi connectivity index (χ1) is 6.53. The van der Waals surface area contributed by atoms with Gasteiger partial charge in [-0.1, -0.05) is 6.92 Å². The van der Waals surface area contributed by atoms with E-state index in [4.69, 9.17) is 0 Å². The Bertz CT molecular complexity index is 304. The van der Waals surface area contributed by atoms with Crippen molar-refractivity contribution in [3.05, 3.63) is 17.0 Å². The molecule has 1 heterocycles. The van der Waals surface area contributed by atoms with Crippen molar-refractivity contribution in [3.8, 4) is 0 Å². The highest BCUT2D eigenvalue weighted by Gasteiger charge is 2.16. The number of anilines is 1. The maximum atomic E-state index is 9.74. The van der Waals surface area contributed by atoms with E-state index in [9.17, 15) is 5.11 Å². The molecule has 14 heavy (non-hydrogen) atoms. The quantitative estimate of drug-likeness (QED) is 0.810. The van der Waals surface area contributed by atoms with E-state index < -0.39 is 5.60 Å². The van der Waals surface area contributed by atoms with Crippen LogP contribution in [0.15, 0.2) is 17.0 Å². The molecule has 0 spiro atoms. The molecule has 0 radical (unpaired) electrons. The van der Waals surface area contributed by atoms with Crippen LogP contribution in [0.1, 0.15) is 20.3 Å². The van der Waals surface area contributed by atoms with Crippen LogP contribution in [0, 0.1) is 0 Å². The summed E-state index contributed by atoms with van der Waals surface area (Å²) in [5, 5.41) is 12.8. The lowest BCUT2D eigenvalue weighted by Gasteiger charge is -2.21. The minimum Gasteiger partial charge on any atom is -0.388 e. The van der Waals surface area contributed by atoms with Crippen molar-refractivity contribution in [1.82, 2.24) is 9.97 Å². The number of hydrogen-bond acceptors (Lipinski definition) is 4. The van der Waals surface area contributed by atoms with Crippen LogP contribution in [0.5, 0.6) is 0 Å². The highest BCUT2D eigenvalue weighted by molar-refractivity contribution is 9.10. The Morgan fingerprint density at radius 3 is 2.86 bits per heavy atom. The van der Waals surface area contributed by atoms with Gasteiger partial charge in [0, 0.05) is 12.6 Å². The standard InChI is InChI=1S/C9H14BrN3O/c1-3-9(2,14)5-11-8-4-7(10)12-6-13-8/h4,6,14H,3,5H2,1-2H3,(H,11,12,13). The maximum absolute atomic E-state index is 9.74. The fourth-order valence-corrected chi connectivity index (χ4v) is 1.14. The van der Waals surface area contributed by atoms with Crippen LogP contribution in [-0.2, 0) is 0 Å². The molecule has 0 saturated heterocycles. The van der Waals surface area contributed by atoms with Crippen molar-refractivity contribution < 1.29 is 5.11 Å². The van der Waals surface area contributed by atoms with Gasteiger partial charge in [0.05, 0.1) is 5.60 Å². The molecule has 1 aromatic rings. The van der Waals surface area contributed by atoms with Gasteiger partial charge in [0.1, 0.15) is 16.7 Å². The van der Waals surface area contributed by atoms with E-state index in [-0.39, 0.29) is 0 Å². The SMILES string of the molecule is CCC(C)(O)CNc1cc(Br)ncn1. The average molecular weight is 260 g/mol. The largest absolute Gasteiger partial charge is 0.388 e. The summed E-state index contributed by atoms with van der Waals surface area (Å²) in [6.45, 7) is 4.21. The zero-order chi connectivity index (χ0) is 10.6. The average Bonchev–Trinajstić information content (AvgIpc) is 2.15. The van der Waals surface area contributed by atoms with Crippen LogP contribution in [0.25, 0.3) is 0 Å². The predicted octanol–water partition coefficient (Wildman–Crippen LogP) is 1.81. The summed E-state index contributed by atoms with van der Waals surface area (Å²) >= 11 is 3.25. The highest BCUT2D eigenvalue weighted by Crippen LogP contribution is 2.12. The van der Waals surface area contributed by atoms with Crippen LogP contribution in [0.2, 0.25) is 0 Å². The molecule has 1 unspecified atom stereocenters. The Hall–Kier alpha value is -0.680. The summed E-state index contributed by atoms with van der Waals surface area (Å²) in [5.41, 5.74) is -0.697. The molecule has 0 bridgehead atoms. The number of nitrogens with zero attached hydrogens (tertiary/aromatic N) is 2. The van der Waals surface area contributed by atoms with Gasteiger partial charge in [-0.15, -0.1) is 0 Å². The Kier molecular flexibility index (Phi) is 3.83. The molecule has 78 valence electrons. The molecule has 0 amide bonds. The fourth-order valence-electron chi connectivity index (χ4n) is 0.836. The first-order valence-electron chi connectivity index (χ1n) is 4.47. The van der Waals surface area contributed by atoms with E-state index in [1.54, 1.807) is 13.0 Å². The lowest BCUT2D eigenvalue weighted by molar-refractivity contribution is 0.0696. The van der Waals surface area contributed by atoms with Crippen molar-refractivity contribution in [2.75, 3.05) is 11.9 Å². The maximum Gasteiger partial charge on any atom is 0.130 e. The Morgan fingerprint density at radius 1 is 1.57 bits per heavy atom. The minimum absolute atomic E-state index is 0.479. The molecule has 0 aliphatic heterocycles. The van der Waals surface area contributed by atoms with E-state index in [0.29, 0.717) is 18.8 Å². The normalized spacial score (nSPS) is 14.9. The lowest BCUT2D eigenvalue weighted by atomic mass is 10.0. The van der Waals surface area contributed by atoms with Crippen molar-refractivity contribution in [1.29, 1.82) is 0 Å². The molecule has 0 aromatic carbocycles. The number of halogens is 1. The summed E-state index contributed by atoms with van der Waals surface area (Å²) in [4.78, 5) is 7.92. The third kappa shape index (κ3) is 3.59. The smallest absolute Gasteiger partial charge is 0.130 e. The zero-order valence-electron chi connectivity index (χ0n) is 8.29. The van der Waals surface area contributed by atoms with Gasteiger partial charge in [-0.3, -0.25) is 0 Å². The number of hydrogen-bond donors (Lipinski definition) is 2. The Balaban J connectivity index is 2.54. The molecule has 0 saturated carbocycles. The van der Waals surface area contributed by atoms with Crippen molar-refractivity contribution >= 4 is 21.7 Å². The van der Waals surface area contributed by atoms with Crippen LogP contribution in [0.4, 0.5) is 5.82 Å². The Labute approximate surface area is 91.9 Å². The van der Waals surface area contributed by atoms with E-state index in [2.05, 4.69) is 31.2 Å².